The Hall–Kier alpha value is -4.69. The van der Waals surface area contributed by atoms with E-state index < -0.39 is 0 Å². The summed E-state index contributed by atoms with van der Waals surface area (Å²) < 4.78 is 2.33. The lowest BCUT2D eigenvalue weighted by molar-refractivity contribution is 0.909. The van der Waals surface area contributed by atoms with Crippen LogP contribution < -0.4 is 0 Å². The van der Waals surface area contributed by atoms with Crippen molar-refractivity contribution in [2.24, 2.45) is 0 Å². The molecule has 0 bridgehead atoms. The van der Waals surface area contributed by atoms with E-state index >= 15 is 0 Å². The van der Waals surface area contributed by atoms with Crippen LogP contribution in [0.2, 0.25) is 0 Å². The molecule has 174 valence electrons. The van der Waals surface area contributed by atoms with Crippen LogP contribution in [0.4, 0.5) is 0 Å². The standard InChI is InChI=1S/C35H24N2/c1-2-33-36-31-15-5-6-16-32(31)37(33)24-19-20-27-29-14-8-10-23-18-17-22-9-7-13-28(34(22)35(23)29)25-11-3-4-12-26(25)30(27)21-24/h3-21H,2H2,1H3. The summed E-state index contributed by atoms with van der Waals surface area (Å²) in [6.45, 7) is 2.18. The van der Waals surface area contributed by atoms with E-state index in [2.05, 4.69) is 127 Å². The Morgan fingerprint density at radius 2 is 1.14 bits per heavy atom. The van der Waals surface area contributed by atoms with Crippen LogP contribution in [-0.4, -0.2) is 9.55 Å². The van der Waals surface area contributed by atoms with E-state index in [0.717, 1.165) is 29.0 Å². The van der Waals surface area contributed by atoms with Crippen LogP contribution in [0.25, 0.3) is 70.6 Å². The van der Waals surface area contributed by atoms with Crippen molar-refractivity contribution in [3.05, 3.63) is 121 Å². The Morgan fingerprint density at radius 3 is 1.84 bits per heavy atom. The predicted molar refractivity (Wildman–Crippen MR) is 158 cm³/mol. The molecule has 0 fully saturated rings. The van der Waals surface area contributed by atoms with Crippen LogP contribution in [0.3, 0.4) is 0 Å². The van der Waals surface area contributed by atoms with Crippen LogP contribution >= 0.6 is 0 Å². The molecule has 0 aliphatic heterocycles. The smallest absolute Gasteiger partial charge is 0.114 e. The van der Waals surface area contributed by atoms with Gasteiger partial charge in [0.2, 0.25) is 0 Å². The molecular weight excluding hydrogens is 448 g/mol. The quantitative estimate of drug-likeness (QED) is 0.229. The minimum atomic E-state index is 0.872. The van der Waals surface area contributed by atoms with Crippen molar-refractivity contribution in [3.8, 4) is 5.69 Å². The molecule has 1 aromatic heterocycles. The zero-order valence-corrected chi connectivity index (χ0v) is 20.6. The van der Waals surface area contributed by atoms with Gasteiger partial charge in [-0.25, -0.2) is 4.98 Å². The van der Waals surface area contributed by atoms with E-state index in [1.807, 2.05) is 0 Å². The van der Waals surface area contributed by atoms with Gasteiger partial charge in [-0.1, -0.05) is 97.9 Å². The molecule has 0 spiro atoms. The number of aryl methyl sites for hydroxylation is 1. The highest BCUT2D eigenvalue weighted by atomic mass is 15.1. The number of nitrogens with zero attached hydrogens (tertiary/aromatic N) is 2. The molecule has 0 radical (unpaired) electrons. The van der Waals surface area contributed by atoms with Crippen LogP contribution in [0.1, 0.15) is 12.7 Å². The first-order valence-corrected chi connectivity index (χ1v) is 13.0. The molecule has 8 rings (SSSR count). The molecule has 37 heavy (non-hydrogen) atoms. The lowest BCUT2D eigenvalue weighted by Gasteiger charge is -2.15. The average molecular weight is 473 g/mol. The zero-order valence-electron chi connectivity index (χ0n) is 20.6. The Balaban J connectivity index is 1.64. The predicted octanol–water partition coefficient (Wildman–Crippen LogP) is 9.35. The highest BCUT2D eigenvalue weighted by Crippen LogP contribution is 2.40. The van der Waals surface area contributed by atoms with E-state index in [1.165, 1.54) is 53.9 Å². The molecule has 2 nitrogen and oxygen atoms in total. The first-order valence-electron chi connectivity index (χ1n) is 13.0. The number of benzene rings is 6. The van der Waals surface area contributed by atoms with Crippen molar-refractivity contribution < 1.29 is 0 Å². The zero-order chi connectivity index (χ0) is 24.5. The average Bonchev–Trinajstić information content (AvgIpc) is 3.34. The number of fused-ring (bicyclic) bond motifs is 6. The highest BCUT2D eigenvalue weighted by Gasteiger charge is 2.15. The second kappa shape index (κ2) is 7.65. The maximum absolute atomic E-state index is 4.95. The first kappa shape index (κ1) is 20.5. The summed E-state index contributed by atoms with van der Waals surface area (Å²) in [4.78, 5) is 4.95. The maximum Gasteiger partial charge on any atom is 0.114 e. The lowest BCUT2D eigenvalue weighted by Crippen LogP contribution is -2.00. The van der Waals surface area contributed by atoms with Gasteiger partial charge in [-0.3, -0.25) is 4.57 Å². The van der Waals surface area contributed by atoms with Crippen LogP contribution in [0, 0.1) is 0 Å². The summed E-state index contributed by atoms with van der Waals surface area (Å²) in [7, 11) is 0. The summed E-state index contributed by atoms with van der Waals surface area (Å²) in [5.74, 6) is 1.08. The summed E-state index contributed by atoms with van der Waals surface area (Å²) in [5.41, 5.74) is 3.34. The van der Waals surface area contributed by atoms with Crippen LogP contribution in [0.15, 0.2) is 115 Å². The molecule has 7 aromatic carbocycles. The van der Waals surface area contributed by atoms with Crippen molar-refractivity contribution in [1.29, 1.82) is 0 Å². The van der Waals surface area contributed by atoms with Crippen molar-refractivity contribution in [2.45, 2.75) is 13.3 Å². The van der Waals surface area contributed by atoms with Gasteiger partial charge in [0.1, 0.15) is 5.82 Å². The molecule has 0 saturated carbocycles. The van der Waals surface area contributed by atoms with Crippen LogP contribution in [0.5, 0.6) is 0 Å². The molecule has 1 heterocycles. The molecular formula is C35H24N2. The molecule has 0 atom stereocenters. The third kappa shape index (κ3) is 2.84. The second-order valence-electron chi connectivity index (χ2n) is 9.85. The van der Waals surface area contributed by atoms with Gasteiger partial charge in [0.15, 0.2) is 0 Å². The molecule has 0 unspecified atom stereocenters. The van der Waals surface area contributed by atoms with E-state index in [4.69, 9.17) is 4.98 Å². The Kier molecular flexibility index (Phi) is 4.24. The number of hydrogen-bond donors (Lipinski definition) is 0. The van der Waals surface area contributed by atoms with Crippen molar-refractivity contribution in [3.63, 3.8) is 0 Å². The number of hydrogen-bond acceptors (Lipinski definition) is 1. The highest BCUT2D eigenvalue weighted by molar-refractivity contribution is 6.32. The third-order valence-corrected chi connectivity index (χ3v) is 7.89. The fraction of sp³-hybridized carbons (Fsp3) is 0.0571. The topological polar surface area (TPSA) is 17.8 Å². The fourth-order valence-corrected chi connectivity index (χ4v) is 6.29. The van der Waals surface area contributed by atoms with Gasteiger partial charge in [0.25, 0.3) is 0 Å². The van der Waals surface area contributed by atoms with Gasteiger partial charge >= 0.3 is 0 Å². The van der Waals surface area contributed by atoms with Gasteiger partial charge in [-0.2, -0.15) is 0 Å². The normalized spacial score (nSPS) is 12.0. The van der Waals surface area contributed by atoms with Gasteiger partial charge in [-0.15, -0.1) is 0 Å². The van der Waals surface area contributed by atoms with E-state index in [0.29, 0.717) is 0 Å². The number of rotatable bonds is 2. The van der Waals surface area contributed by atoms with Crippen molar-refractivity contribution in [2.75, 3.05) is 0 Å². The van der Waals surface area contributed by atoms with Crippen molar-refractivity contribution in [1.82, 2.24) is 9.55 Å². The number of aromatic nitrogens is 2. The second-order valence-corrected chi connectivity index (χ2v) is 9.85. The Bertz CT molecular complexity index is 2180. The van der Waals surface area contributed by atoms with Gasteiger partial charge in [0, 0.05) is 12.1 Å². The molecule has 0 aliphatic rings. The van der Waals surface area contributed by atoms with Crippen LogP contribution in [-0.2, 0) is 6.42 Å². The van der Waals surface area contributed by atoms with Gasteiger partial charge in [-0.05, 0) is 78.1 Å². The molecule has 0 aliphatic carbocycles. The minimum Gasteiger partial charge on any atom is -0.296 e. The minimum absolute atomic E-state index is 0.872. The maximum atomic E-state index is 4.95. The molecule has 0 amide bonds. The van der Waals surface area contributed by atoms with Crippen molar-refractivity contribution >= 4 is 64.9 Å². The summed E-state index contributed by atoms with van der Waals surface area (Å²) in [5, 5.41) is 12.9. The summed E-state index contributed by atoms with van der Waals surface area (Å²) >= 11 is 0. The third-order valence-electron chi connectivity index (χ3n) is 7.89. The molecule has 2 heteroatoms. The van der Waals surface area contributed by atoms with E-state index in [-0.39, 0.29) is 0 Å². The SMILES string of the molecule is CCc1nc2ccccc2n1-c1ccc2c(c1)c1ccccc1c1cccc3ccc4cccc2c4c31. The van der Waals surface area contributed by atoms with Gasteiger partial charge < -0.3 is 0 Å². The molecule has 0 N–H and O–H groups in total. The van der Waals surface area contributed by atoms with E-state index in [1.54, 1.807) is 0 Å². The fourth-order valence-electron chi connectivity index (χ4n) is 6.29. The summed E-state index contributed by atoms with van der Waals surface area (Å²) in [6.07, 6.45) is 0.872. The number of para-hydroxylation sites is 2. The summed E-state index contributed by atoms with van der Waals surface area (Å²) in [6, 6.07) is 42.2. The molecule has 8 aromatic rings. The molecule has 0 saturated heterocycles. The Labute approximate surface area is 214 Å². The van der Waals surface area contributed by atoms with Gasteiger partial charge in [0.05, 0.1) is 11.0 Å². The van der Waals surface area contributed by atoms with E-state index in [9.17, 15) is 0 Å². The first-order chi connectivity index (χ1) is 18.3. The lowest BCUT2D eigenvalue weighted by atomic mass is 9.90. The monoisotopic (exact) mass is 472 g/mol. The largest absolute Gasteiger partial charge is 0.296 e. The number of imidazole rings is 1. The Morgan fingerprint density at radius 1 is 0.541 bits per heavy atom.